The summed E-state index contributed by atoms with van der Waals surface area (Å²) in [7, 11) is -4.10. The first-order valence-electron chi connectivity index (χ1n) is 7.68. The number of carboxylic acid groups (broad SMARTS) is 1. The molecule has 8 heteroatoms. The minimum Gasteiger partial charge on any atom is -0.478 e. The van der Waals surface area contributed by atoms with Crippen LogP contribution in [0.3, 0.4) is 0 Å². The van der Waals surface area contributed by atoms with Gasteiger partial charge < -0.3 is 5.11 Å². The van der Waals surface area contributed by atoms with Crippen molar-refractivity contribution in [2.75, 3.05) is 4.72 Å². The van der Waals surface area contributed by atoms with E-state index in [-0.39, 0.29) is 26.2 Å². The molecular formula is C19H13Cl2NO4S. The van der Waals surface area contributed by atoms with Crippen LogP contribution in [0.15, 0.2) is 71.6 Å². The van der Waals surface area contributed by atoms with E-state index in [2.05, 4.69) is 4.72 Å². The number of halogens is 2. The molecule has 3 rings (SSSR count). The van der Waals surface area contributed by atoms with Gasteiger partial charge in [-0.1, -0.05) is 59.6 Å². The third-order valence-corrected chi connectivity index (χ3v) is 5.53. The number of nitrogens with one attached hydrogen (secondary N) is 1. The first-order chi connectivity index (χ1) is 12.8. The normalized spacial score (nSPS) is 11.2. The van der Waals surface area contributed by atoms with Crippen LogP contribution in [0, 0.1) is 0 Å². The minimum atomic E-state index is -4.10. The molecular weight excluding hydrogens is 409 g/mol. The van der Waals surface area contributed by atoms with Crippen molar-refractivity contribution in [3.05, 3.63) is 82.3 Å². The summed E-state index contributed by atoms with van der Waals surface area (Å²) in [5.41, 5.74) is 1.26. The lowest BCUT2D eigenvalue weighted by molar-refractivity contribution is 0.0698. The third-order valence-electron chi connectivity index (χ3n) is 3.75. The van der Waals surface area contributed by atoms with Gasteiger partial charge in [0.2, 0.25) is 0 Å². The summed E-state index contributed by atoms with van der Waals surface area (Å²) in [6.07, 6.45) is 0. The standard InChI is InChI=1S/C19H13Cl2NO4S/c20-14-9-15(21)11-16(10-14)27(25,26)22-18-8-13(6-7-17(18)19(23)24)12-4-2-1-3-5-12/h1-11,22H,(H,23,24). The number of aromatic carboxylic acids is 1. The number of rotatable bonds is 5. The first kappa shape index (κ1) is 19.2. The summed E-state index contributed by atoms with van der Waals surface area (Å²) < 4.78 is 27.7. The molecule has 5 nitrogen and oxygen atoms in total. The fourth-order valence-electron chi connectivity index (χ4n) is 2.51. The lowest BCUT2D eigenvalue weighted by Crippen LogP contribution is -2.15. The van der Waals surface area contributed by atoms with Gasteiger partial charge in [0.1, 0.15) is 0 Å². The van der Waals surface area contributed by atoms with Gasteiger partial charge in [-0.05, 0) is 41.5 Å². The Hall–Kier alpha value is -2.54. The average molecular weight is 422 g/mol. The maximum atomic E-state index is 12.7. The number of sulfonamides is 1. The molecule has 0 aliphatic carbocycles. The SMILES string of the molecule is O=C(O)c1ccc(-c2ccccc2)cc1NS(=O)(=O)c1cc(Cl)cc(Cl)c1. The van der Waals surface area contributed by atoms with Gasteiger partial charge in [-0.3, -0.25) is 4.72 Å². The van der Waals surface area contributed by atoms with Gasteiger partial charge in [-0.25, -0.2) is 13.2 Å². The van der Waals surface area contributed by atoms with Crippen LogP contribution in [0.2, 0.25) is 10.0 Å². The van der Waals surface area contributed by atoms with Gasteiger partial charge >= 0.3 is 5.97 Å². The van der Waals surface area contributed by atoms with E-state index in [1.165, 1.54) is 30.3 Å². The van der Waals surface area contributed by atoms with E-state index in [4.69, 9.17) is 23.2 Å². The van der Waals surface area contributed by atoms with Crippen molar-refractivity contribution in [1.29, 1.82) is 0 Å². The van der Waals surface area contributed by atoms with Gasteiger partial charge in [0.05, 0.1) is 16.1 Å². The molecule has 0 aliphatic heterocycles. The molecule has 0 radical (unpaired) electrons. The van der Waals surface area contributed by atoms with E-state index in [9.17, 15) is 18.3 Å². The summed E-state index contributed by atoms with van der Waals surface area (Å²) in [6, 6.07) is 17.5. The van der Waals surface area contributed by atoms with Crippen LogP contribution >= 0.6 is 23.2 Å². The Kier molecular flexibility index (Phi) is 5.41. The van der Waals surface area contributed by atoms with Crippen LogP contribution in [-0.4, -0.2) is 19.5 Å². The Morgan fingerprint density at radius 3 is 2.07 bits per heavy atom. The van der Waals surface area contributed by atoms with Crippen molar-refractivity contribution in [3.8, 4) is 11.1 Å². The Morgan fingerprint density at radius 1 is 0.852 bits per heavy atom. The quantitative estimate of drug-likeness (QED) is 0.595. The van der Waals surface area contributed by atoms with Crippen molar-refractivity contribution in [3.63, 3.8) is 0 Å². The van der Waals surface area contributed by atoms with Gasteiger partial charge in [-0.15, -0.1) is 0 Å². The monoisotopic (exact) mass is 421 g/mol. The van der Waals surface area contributed by atoms with Crippen LogP contribution in [0.25, 0.3) is 11.1 Å². The van der Waals surface area contributed by atoms with E-state index >= 15 is 0 Å². The first-order valence-corrected chi connectivity index (χ1v) is 9.92. The Labute approximate surface area is 166 Å². The summed E-state index contributed by atoms with van der Waals surface area (Å²) in [6.45, 7) is 0. The molecule has 0 aromatic heterocycles. The zero-order chi connectivity index (χ0) is 19.6. The summed E-state index contributed by atoms with van der Waals surface area (Å²) in [4.78, 5) is 11.4. The number of benzene rings is 3. The van der Waals surface area contributed by atoms with E-state index < -0.39 is 16.0 Å². The van der Waals surface area contributed by atoms with Crippen LogP contribution in [0.1, 0.15) is 10.4 Å². The van der Waals surface area contributed by atoms with Crippen LogP contribution in [0.4, 0.5) is 5.69 Å². The fourth-order valence-corrected chi connectivity index (χ4v) is 4.31. The van der Waals surface area contributed by atoms with E-state index in [1.54, 1.807) is 6.07 Å². The number of carbonyl (C=O) groups is 1. The Morgan fingerprint density at radius 2 is 1.48 bits per heavy atom. The van der Waals surface area contributed by atoms with Crippen molar-refractivity contribution in [2.24, 2.45) is 0 Å². The smallest absolute Gasteiger partial charge is 0.337 e. The van der Waals surface area contributed by atoms with Crippen molar-refractivity contribution >= 4 is 44.9 Å². The van der Waals surface area contributed by atoms with Crippen LogP contribution in [0.5, 0.6) is 0 Å². The maximum absolute atomic E-state index is 12.7. The second-order valence-electron chi connectivity index (χ2n) is 5.64. The summed E-state index contributed by atoms with van der Waals surface area (Å²) in [5.74, 6) is -1.25. The molecule has 0 amide bonds. The third kappa shape index (κ3) is 4.42. The van der Waals surface area contributed by atoms with Crippen molar-refractivity contribution in [1.82, 2.24) is 0 Å². The molecule has 0 unspecified atom stereocenters. The zero-order valence-corrected chi connectivity index (χ0v) is 16.0. The van der Waals surface area contributed by atoms with E-state index in [0.29, 0.717) is 5.56 Å². The highest BCUT2D eigenvalue weighted by molar-refractivity contribution is 7.92. The van der Waals surface area contributed by atoms with Gasteiger partial charge in [0.15, 0.2) is 0 Å². The number of hydrogen-bond donors (Lipinski definition) is 2. The molecule has 0 bridgehead atoms. The zero-order valence-electron chi connectivity index (χ0n) is 13.7. The molecule has 0 aliphatic rings. The minimum absolute atomic E-state index is 0.0556. The molecule has 0 saturated carbocycles. The molecule has 2 N–H and O–H groups in total. The predicted molar refractivity (Wildman–Crippen MR) is 106 cm³/mol. The topological polar surface area (TPSA) is 83.5 Å². The molecule has 0 heterocycles. The van der Waals surface area contributed by atoms with Crippen LogP contribution < -0.4 is 4.72 Å². The van der Waals surface area contributed by atoms with Crippen LogP contribution in [-0.2, 0) is 10.0 Å². The number of carboxylic acids is 1. The lowest BCUT2D eigenvalue weighted by atomic mass is 10.0. The van der Waals surface area contributed by atoms with Gasteiger partial charge in [0, 0.05) is 10.0 Å². The molecule has 138 valence electrons. The van der Waals surface area contributed by atoms with E-state index in [1.807, 2.05) is 30.3 Å². The number of anilines is 1. The second-order valence-corrected chi connectivity index (χ2v) is 8.20. The Bertz CT molecular complexity index is 1100. The summed E-state index contributed by atoms with van der Waals surface area (Å²) in [5, 5.41) is 9.71. The van der Waals surface area contributed by atoms with Gasteiger partial charge in [-0.2, -0.15) is 0 Å². The lowest BCUT2D eigenvalue weighted by Gasteiger charge is -2.13. The molecule has 0 spiro atoms. The highest BCUT2D eigenvalue weighted by atomic mass is 35.5. The highest BCUT2D eigenvalue weighted by Crippen LogP contribution is 2.29. The largest absolute Gasteiger partial charge is 0.478 e. The van der Waals surface area contributed by atoms with E-state index in [0.717, 1.165) is 5.56 Å². The van der Waals surface area contributed by atoms with Crippen molar-refractivity contribution < 1.29 is 18.3 Å². The predicted octanol–water partition coefficient (Wildman–Crippen LogP) is 5.16. The Balaban J connectivity index is 2.07. The second kappa shape index (κ2) is 7.60. The maximum Gasteiger partial charge on any atom is 0.337 e. The average Bonchev–Trinajstić information content (AvgIpc) is 2.61. The van der Waals surface area contributed by atoms with Gasteiger partial charge in [0.25, 0.3) is 10.0 Å². The molecule has 0 saturated heterocycles. The summed E-state index contributed by atoms with van der Waals surface area (Å²) >= 11 is 11.8. The van der Waals surface area contributed by atoms with Crippen molar-refractivity contribution in [2.45, 2.75) is 4.90 Å². The molecule has 3 aromatic rings. The fraction of sp³-hybridized carbons (Fsp3) is 0. The molecule has 0 atom stereocenters. The highest BCUT2D eigenvalue weighted by Gasteiger charge is 2.20. The molecule has 3 aromatic carbocycles. The molecule has 27 heavy (non-hydrogen) atoms. The molecule has 0 fully saturated rings. The number of hydrogen-bond acceptors (Lipinski definition) is 3.